The number of hydrogen-bond acceptors (Lipinski definition) is 4. The molecular weight excluding hydrogens is 470 g/mol. The predicted molar refractivity (Wildman–Crippen MR) is 118 cm³/mol. The molecule has 1 aliphatic heterocycles. The van der Waals surface area contributed by atoms with E-state index in [1.807, 2.05) is 0 Å². The normalized spacial score (nSPS) is 18.1. The first kappa shape index (κ1) is 20.2. The number of hydrogen-bond donors (Lipinski definition) is 2. The van der Waals surface area contributed by atoms with Crippen LogP contribution in [0.5, 0.6) is 5.75 Å². The van der Waals surface area contributed by atoms with Crippen LogP contribution in [0.2, 0.25) is 5.02 Å². The number of phenols is 1. The van der Waals surface area contributed by atoms with Gasteiger partial charge in [-0.2, -0.15) is 0 Å². The van der Waals surface area contributed by atoms with Gasteiger partial charge in [0.25, 0.3) is 11.7 Å². The minimum Gasteiger partial charge on any atom is -0.508 e. The lowest BCUT2D eigenvalue weighted by Gasteiger charge is -2.25. The maximum atomic E-state index is 13.0. The Morgan fingerprint density at radius 3 is 2.33 bits per heavy atom. The molecule has 1 atom stereocenters. The smallest absolute Gasteiger partial charge is 0.300 e. The quantitative estimate of drug-likeness (QED) is 0.295. The largest absolute Gasteiger partial charge is 0.508 e. The third-order valence-corrected chi connectivity index (χ3v) is 5.60. The maximum Gasteiger partial charge on any atom is 0.300 e. The number of aliphatic hydroxyl groups is 1. The van der Waals surface area contributed by atoms with Gasteiger partial charge >= 0.3 is 0 Å². The maximum absolute atomic E-state index is 13.0. The fraction of sp³-hybridized carbons (Fsp3) is 0.0435. The first-order valence-corrected chi connectivity index (χ1v) is 10.2. The van der Waals surface area contributed by atoms with E-state index in [-0.39, 0.29) is 17.1 Å². The Balaban J connectivity index is 1.96. The fourth-order valence-corrected chi connectivity index (χ4v) is 3.95. The Morgan fingerprint density at radius 1 is 0.967 bits per heavy atom. The fourth-order valence-electron chi connectivity index (χ4n) is 3.50. The number of anilines is 1. The lowest BCUT2D eigenvalue weighted by atomic mass is 9.95. The molecule has 3 aromatic carbocycles. The molecule has 3 aromatic rings. The van der Waals surface area contributed by atoms with Crippen molar-refractivity contribution in [3.8, 4) is 5.75 Å². The number of benzene rings is 3. The number of phenolic OH excluding ortho intramolecular Hbond substituents is 1. The van der Waals surface area contributed by atoms with E-state index in [0.29, 0.717) is 21.8 Å². The number of halogens is 2. The van der Waals surface area contributed by atoms with E-state index in [1.165, 1.54) is 17.0 Å². The second-order valence-corrected chi connectivity index (χ2v) is 8.10. The van der Waals surface area contributed by atoms with Gasteiger partial charge in [-0.15, -0.1) is 0 Å². The first-order chi connectivity index (χ1) is 14.4. The molecule has 1 amide bonds. The molecule has 1 saturated heterocycles. The van der Waals surface area contributed by atoms with Crippen LogP contribution < -0.4 is 4.90 Å². The van der Waals surface area contributed by atoms with Crippen molar-refractivity contribution in [3.63, 3.8) is 0 Å². The molecule has 150 valence electrons. The Hall–Kier alpha value is -3.09. The summed E-state index contributed by atoms with van der Waals surface area (Å²) >= 11 is 9.44. The van der Waals surface area contributed by atoms with E-state index in [4.69, 9.17) is 11.6 Å². The van der Waals surface area contributed by atoms with Gasteiger partial charge in [0.2, 0.25) is 0 Å². The van der Waals surface area contributed by atoms with E-state index >= 15 is 0 Å². The molecule has 0 bridgehead atoms. The van der Waals surface area contributed by atoms with Crippen LogP contribution in [0.4, 0.5) is 5.69 Å². The third-order valence-electron chi connectivity index (χ3n) is 4.83. The highest BCUT2D eigenvalue weighted by molar-refractivity contribution is 9.10. The number of carbonyl (C=O) groups excluding carboxylic acids is 2. The van der Waals surface area contributed by atoms with Crippen molar-refractivity contribution in [2.24, 2.45) is 0 Å². The molecule has 5 nitrogen and oxygen atoms in total. The summed E-state index contributed by atoms with van der Waals surface area (Å²) in [5.74, 6) is -1.92. The molecule has 0 aromatic heterocycles. The highest BCUT2D eigenvalue weighted by Crippen LogP contribution is 2.43. The van der Waals surface area contributed by atoms with Crippen molar-refractivity contribution in [1.82, 2.24) is 0 Å². The van der Waals surface area contributed by atoms with Crippen LogP contribution >= 0.6 is 27.5 Å². The number of rotatable bonds is 3. The van der Waals surface area contributed by atoms with Gasteiger partial charge in [0.15, 0.2) is 0 Å². The number of Topliss-reactive ketones (excluding diaryl/α,β-unsaturated/α-hetero) is 1. The molecule has 4 rings (SSSR count). The van der Waals surface area contributed by atoms with Crippen LogP contribution in [0, 0.1) is 0 Å². The molecule has 0 radical (unpaired) electrons. The van der Waals surface area contributed by atoms with Crippen LogP contribution in [0.1, 0.15) is 17.2 Å². The van der Waals surface area contributed by atoms with Crippen molar-refractivity contribution >= 4 is 50.7 Å². The Bertz CT molecular complexity index is 1190. The molecular formula is C23H15BrClNO4. The average Bonchev–Trinajstić information content (AvgIpc) is 2.99. The Kier molecular flexibility index (Phi) is 5.37. The number of aliphatic hydroxyl groups excluding tert-OH is 1. The van der Waals surface area contributed by atoms with Crippen molar-refractivity contribution in [2.75, 3.05) is 4.90 Å². The second-order valence-electron chi connectivity index (χ2n) is 6.75. The lowest BCUT2D eigenvalue weighted by Crippen LogP contribution is -2.29. The van der Waals surface area contributed by atoms with Gasteiger partial charge in [-0.3, -0.25) is 14.5 Å². The molecule has 1 unspecified atom stereocenters. The minimum atomic E-state index is -0.931. The zero-order valence-electron chi connectivity index (χ0n) is 15.4. The van der Waals surface area contributed by atoms with Gasteiger partial charge in [-0.1, -0.05) is 57.9 Å². The second kappa shape index (κ2) is 7.97. The number of carbonyl (C=O) groups is 2. The molecule has 2 N–H and O–H groups in total. The third kappa shape index (κ3) is 3.60. The molecule has 0 saturated carbocycles. The van der Waals surface area contributed by atoms with Crippen LogP contribution in [0.3, 0.4) is 0 Å². The lowest BCUT2D eigenvalue weighted by molar-refractivity contribution is -0.132. The van der Waals surface area contributed by atoms with Crippen LogP contribution in [-0.4, -0.2) is 21.9 Å². The van der Waals surface area contributed by atoms with Gasteiger partial charge < -0.3 is 10.2 Å². The van der Waals surface area contributed by atoms with E-state index < -0.39 is 17.7 Å². The molecule has 30 heavy (non-hydrogen) atoms. The molecule has 1 aliphatic rings. The number of amides is 1. The van der Waals surface area contributed by atoms with Gasteiger partial charge in [-0.05, 0) is 48.0 Å². The predicted octanol–water partition coefficient (Wildman–Crippen LogP) is 5.43. The topological polar surface area (TPSA) is 77.8 Å². The van der Waals surface area contributed by atoms with Crippen LogP contribution in [0.15, 0.2) is 82.8 Å². The van der Waals surface area contributed by atoms with Gasteiger partial charge in [0.05, 0.1) is 11.6 Å². The number of aromatic hydroxyl groups is 1. The summed E-state index contributed by atoms with van der Waals surface area (Å²) in [4.78, 5) is 27.3. The summed E-state index contributed by atoms with van der Waals surface area (Å²) in [6.45, 7) is 0. The van der Waals surface area contributed by atoms with E-state index in [9.17, 15) is 19.8 Å². The zero-order valence-corrected chi connectivity index (χ0v) is 17.8. The minimum absolute atomic E-state index is 0.0205. The molecule has 7 heteroatoms. The van der Waals surface area contributed by atoms with Crippen molar-refractivity contribution < 1.29 is 19.8 Å². The van der Waals surface area contributed by atoms with Crippen molar-refractivity contribution in [3.05, 3.63) is 99.0 Å². The molecule has 1 fully saturated rings. The Morgan fingerprint density at radius 2 is 1.67 bits per heavy atom. The SMILES string of the molecule is O=C1C(=O)N(c2cccc(Cl)c2)C(c2cccc(O)c2)/C1=C(\O)c1ccc(Br)cc1. The van der Waals surface area contributed by atoms with Crippen LogP contribution in [0.25, 0.3) is 5.76 Å². The number of nitrogens with zero attached hydrogens (tertiary/aromatic N) is 1. The summed E-state index contributed by atoms with van der Waals surface area (Å²) in [6.07, 6.45) is 0. The van der Waals surface area contributed by atoms with Gasteiger partial charge in [-0.25, -0.2) is 0 Å². The van der Waals surface area contributed by atoms with Gasteiger partial charge in [0, 0.05) is 20.7 Å². The molecule has 0 spiro atoms. The molecule has 1 heterocycles. The van der Waals surface area contributed by atoms with E-state index in [1.54, 1.807) is 60.7 Å². The summed E-state index contributed by atoms with van der Waals surface area (Å²) in [7, 11) is 0. The number of ketones is 1. The summed E-state index contributed by atoms with van der Waals surface area (Å²) in [5, 5.41) is 21.4. The van der Waals surface area contributed by atoms with Crippen LogP contribution in [-0.2, 0) is 9.59 Å². The van der Waals surface area contributed by atoms with Crippen molar-refractivity contribution in [2.45, 2.75) is 6.04 Å². The Labute approximate surface area is 186 Å². The van der Waals surface area contributed by atoms with Gasteiger partial charge in [0.1, 0.15) is 11.5 Å². The highest BCUT2D eigenvalue weighted by atomic mass is 79.9. The standard InChI is InChI=1S/C23H15BrClNO4/c24-15-9-7-13(8-10-15)21(28)19-20(14-3-1-6-18(27)11-14)26(23(30)22(19)29)17-5-2-4-16(25)12-17/h1-12,20,27-28H/b21-19+. The van der Waals surface area contributed by atoms with E-state index in [0.717, 1.165) is 4.47 Å². The average molecular weight is 485 g/mol. The monoisotopic (exact) mass is 483 g/mol. The first-order valence-electron chi connectivity index (χ1n) is 8.98. The molecule has 0 aliphatic carbocycles. The zero-order chi connectivity index (χ0) is 21.4. The summed E-state index contributed by atoms with van der Waals surface area (Å²) in [6, 6.07) is 18.6. The highest BCUT2D eigenvalue weighted by Gasteiger charge is 2.47. The summed E-state index contributed by atoms with van der Waals surface area (Å²) < 4.78 is 0.808. The summed E-state index contributed by atoms with van der Waals surface area (Å²) in [5.41, 5.74) is 1.22. The van der Waals surface area contributed by atoms with E-state index in [2.05, 4.69) is 15.9 Å². The van der Waals surface area contributed by atoms with Crippen molar-refractivity contribution in [1.29, 1.82) is 0 Å².